The first-order valence-corrected chi connectivity index (χ1v) is 18.6. The van der Waals surface area contributed by atoms with Crippen LogP contribution in [0.4, 0.5) is 0 Å². The number of aromatic nitrogens is 1. The molecule has 12 heteroatoms. The Morgan fingerprint density at radius 2 is 1.65 bits per heavy atom. The van der Waals surface area contributed by atoms with Crippen molar-refractivity contribution in [3.05, 3.63) is 107 Å². The van der Waals surface area contributed by atoms with E-state index in [1.54, 1.807) is 29.2 Å². The van der Waals surface area contributed by atoms with Gasteiger partial charge in [-0.1, -0.05) is 60.7 Å². The van der Waals surface area contributed by atoms with E-state index in [2.05, 4.69) is 20.5 Å². The highest BCUT2D eigenvalue weighted by Gasteiger charge is 2.45. The normalized spacial score (nSPS) is 20.0. The standard InChI is InChI=1S/C42H48N6O6/c1-26(49)29-13-15-33-31(22-29)23-36(44-33)40(52)46-35-19-20-47(2)25-32-14-17-37(48(32)42(35)54)41(53)45-34(16-18-39(43)51)38(50)24-30(28-11-7-4-8-12-28)21-27-9-5-3-6-10-27/h3-13,15,22-23,30,32,34-35,37,44H,14,16-21,24-25H2,1-2H3,(H2,43,51)(H,45,53)(H,46,52)/t30-,32-,34+,35+,37+/m1/s1. The molecule has 3 aromatic carbocycles. The van der Waals surface area contributed by atoms with Gasteiger partial charge in [0.1, 0.15) is 17.8 Å². The fraction of sp³-hybridized carbons (Fsp3) is 0.381. The Bertz CT molecular complexity index is 2010. The van der Waals surface area contributed by atoms with Gasteiger partial charge in [-0.2, -0.15) is 0 Å². The van der Waals surface area contributed by atoms with E-state index in [0.29, 0.717) is 55.2 Å². The molecule has 2 aliphatic rings. The highest BCUT2D eigenvalue weighted by molar-refractivity contribution is 6.03. The summed E-state index contributed by atoms with van der Waals surface area (Å²) in [6.45, 7) is 2.59. The summed E-state index contributed by atoms with van der Waals surface area (Å²) in [5.74, 6) is -2.37. The number of fused-ring (bicyclic) bond motifs is 2. The Labute approximate surface area is 314 Å². The zero-order valence-electron chi connectivity index (χ0n) is 30.8. The number of likely N-dealkylation sites (N-methyl/N-ethyl adjacent to an activating group) is 1. The second-order valence-corrected chi connectivity index (χ2v) is 14.6. The van der Waals surface area contributed by atoms with E-state index in [-0.39, 0.29) is 54.4 Å². The Morgan fingerprint density at radius 1 is 0.926 bits per heavy atom. The van der Waals surface area contributed by atoms with Crippen molar-refractivity contribution >= 4 is 46.1 Å². The predicted octanol–water partition coefficient (Wildman–Crippen LogP) is 3.90. The summed E-state index contributed by atoms with van der Waals surface area (Å²) in [5, 5.41) is 6.52. The van der Waals surface area contributed by atoms with Crippen LogP contribution in [0.3, 0.4) is 0 Å². The molecular weight excluding hydrogens is 684 g/mol. The van der Waals surface area contributed by atoms with Gasteiger partial charge in [0, 0.05) is 48.4 Å². The zero-order valence-corrected chi connectivity index (χ0v) is 30.8. The number of nitrogens with two attached hydrogens (primary N) is 1. The maximum absolute atomic E-state index is 14.3. The molecule has 0 aliphatic carbocycles. The molecule has 0 radical (unpaired) electrons. The van der Waals surface area contributed by atoms with E-state index in [4.69, 9.17) is 5.73 Å². The molecule has 2 fully saturated rings. The maximum Gasteiger partial charge on any atom is 0.268 e. The van der Waals surface area contributed by atoms with E-state index in [1.807, 2.05) is 67.7 Å². The lowest BCUT2D eigenvalue weighted by molar-refractivity contribution is -0.143. The highest BCUT2D eigenvalue weighted by atomic mass is 16.2. The summed E-state index contributed by atoms with van der Waals surface area (Å²) in [4.78, 5) is 86.6. The molecule has 6 rings (SSSR count). The lowest BCUT2D eigenvalue weighted by Gasteiger charge is -2.38. The number of H-pyrrole nitrogens is 1. The van der Waals surface area contributed by atoms with E-state index in [0.717, 1.165) is 11.1 Å². The van der Waals surface area contributed by atoms with Crippen molar-refractivity contribution in [1.29, 1.82) is 0 Å². The number of carbonyl (C=O) groups is 6. The Hall–Kier alpha value is -5.62. The van der Waals surface area contributed by atoms with Gasteiger partial charge < -0.3 is 31.2 Å². The van der Waals surface area contributed by atoms with Crippen molar-refractivity contribution < 1.29 is 28.8 Å². The quantitative estimate of drug-likeness (QED) is 0.142. The molecule has 54 heavy (non-hydrogen) atoms. The van der Waals surface area contributed by atoms with Crippen LogP contribution in [0, 0.1) is 0 Å². The third-order valence-corrected chi connectivity index (χ3v) is 10.7. The van der Waals surface area contributed by atoms with Crippen molar-refractivity contribution in [2.45, 2.75) is 82.0 Å². The van der Waals surface area contributed by atoms with Gasteiger partial charge in [-0.25, -0.2) is 0 Å². The minimum Gasteiger partial charge on any atom is -0.370 e. The number of hydrogen-bond acceptors (Lipinski definition) is 7. The largest absolute Gasteiger partial charge is 0.370 e. The molecule has 5 N–H and O–H groups in total. The molecule has 282 valence electrons. The van der Waals surface area contributed by atoms with Crippen LogP contribution in [0.5, 0.6) is 0 Å². The number of aromatic amines is 1. The Morgan fingerprint density at radius 3 is 2.35 bits per heavy atom. The molecule has 3 heterocycles. The fourth-order valence-electron chi connectivity index (χ4n) is 7.79. The average Bonchev–Trinajstić information content (AvgIpc) is 3.78. The summed E-state index contributed by atoms with van der Waals surface area (Å²) in [7, 11) is 1.95. The van der Waals surface area contributed by atoms with E-state index < -0.39 is 35.8 Å². The summed E-state index contributed by atoms with van der Waals surface area (Å²) >= 11 is 0. The number of rotatable bonds is 14. The molecule has 0 bridgehead atoms. The summed E-state index contributed by atoms with van der Waals surface area (Å²) in [6.07, 6.45) is 1.96. The number of hydrogen-bond donors (Lipinski definition) is 4. The Kier molecular flexibility index (Phi) is 12.0. The van der Waals surface area contributed by atoms with Gasteiger partial charge >= 0.3 is 0 Å². The summed E-state index contributed by atoms with van der Waals surface area (Å²) < 4.78 is 0. The molecule has 0 unspecified atom stereocenters. The van der Waals surface area contributed by atoms with Crippen LogP contribution >= 0.6 is 0 Å². The molecule has 0 spiro atoms. The number of nitrogens with one attached hydrogen (secondary N) is 3. The first-order valence-electron chi connectivity index (χ1n) is 18.6. The van der Waals surface area contributed by atoms with Gasteiger partial charge in [-0.15, -0.1) is 0 Å². The van der Waals surface area contributed by atoms with Crippen LogP contribution in [0.1, 0.15) is 83.3 Å². The smallest absolute Gasteiger partial charge is 0.268 e. The molecular formula is C42H48N6O6. The van der Waals surface area contributed by atoms with E-state index in [9.17, 15) is 28.8 Å². The molecule has 4 amide bonds. The second-order valence-electron chi connectivity index (χ2n) is 14.6. The van der Waals surface area contributed by atoms with Crippen LogP contribution in [0.25, 0.3) is 10.9 Å². The van der Waals surface area contributed by atoms with Gasteiger partial charge in [0.15, 0.2) is 11.6 Å². The summed E-state index contributed by atoms with van der Waals surface area (Å²) in [6, 6.07) is 23.4. The number of amides is 4. The van der Waals surface area contributed by atoms with Gasteiger partial charge in [0.25, 0.3) is 5.91 Å². The number of benzene rings is 3. The van der Waals surface area contributed by atoms with Crippen LogP contribution in [-0.2, 0) is 25.6 Å². The minimum atomic E-state index is -0.986. The number of ketones is 2. The highest BCUT2D eigenvalue weighted by Crippen LogP contribution is 2.30. The van der Waals surface area contributed by atoms with E-state index >= 15 is 0 Å². The molecule has 5 atom stereocenters. The zero-order chi connectivity index (χ0) is 38.4. The monoisotopic (exact) mass is 732 g/mol. The lowest BCUT2D eigenvalue weighted by atomic mass is 9.86. The predicted molar refractivity (Wildman–Crippen MR) is 205 cm³/mol. The van der Waals surface area contributed by atoms with Crippen LogP contribution in [0.2, 0.25) is 0 Å². The summed E-state index contributed by atoms with van der Waals surface area (Å²) in [5.41, 5.74) is 9.02. The van der Waals surface area contributed by atoms with E-state index in [1.165, 1.54) is 6.92 Å². The molecule has 12 nitrogen and oxygen atoms in total. The van der Waals surface area contributed by atoms with Crippen LogP contribution in [0.15, 0.2) is 84.9 Å². The number of nitrogens with zero attached hydrogens (tertiary/aromatic N) is 2. The van der Waals surface area contributed by atoms with Crippen molar-refractivity contribution in [1.82, 2.24) is 25.4 Å². The number of primary amides is 1. The topological polar surface area (TPSA) is 175 Å². The van der Waals surface area contributed by atoms with Crippen molar-refractivity contribution in [3.8, 4) is 0 Å². The third kappa shape index (κ3) is 9.11. The SMILES string of the molecule is CC(=O)c1ccc2[nH]c(C(=O)N[C@H]3CCN(C)C[C@H]4CC[C@@H](C(=O)N[C@@H](CCC(N)=O)C(=O)C[C@@H](Cc5ccccc5)c5ccccc5)N4C3=O)cc2c1. The van der Waals surface area contributed by atoms with Gasteiger partial charge in [-0.05, 0) is 87.4 Å². The molecule has 4 aromatic rings. The molecule has 2 saturated heterocycles. The van der Waals surface area contributed by atoms with Crippen LogP contribution in [-0.4, -0.2) is 94.3 Å². The molecule has 0 saturated carbocycles. The van der Waals surface area contributed by atoms with Gasteiger partial charge in [-0.3, -0.25) is 28.8 Å². The lowest BCUT2D eigenvalue weighted by Crippen LogP contribution is -2.60. The van der Waals surface area contributed by atoms with Gasteiger partial charge in [0.2, 0.25) is 17.7 Å². The molecule has 2 aliphatic heterocycles. The average molecular weight is 733 g/mol. The van der Waals surface area contributed by atoms with Crippen molar-refractivity contribution in [2.75, 3.05) is 20.1 Å². The third-order valence-electron chi connectivity index (χ3n) is 10.7. The maximum atomic E-state index is 14.3. The van der Waals surface area contributed by atoms with Gasteiger partial charge in [0.05, 0.1) is 6.04 Å². The fourth-order valence-corrected chi connectivity index (χ4v) is 7.79. The first kappa shape index (κ1) is 38.1. The van der Waals surface area contributed by atoms with Crippen molar-refractivity contribution in [3.63, 3.8) is 0 Å². The van der Waals surface area contributed by atoms with Crippen molar-refractivity contribution in [2.24, 2.45) is 5.73 Å². The number of Topliss-reactive ketones (excluding diaryl/α,β-unsaturated/α-hetero) is 2. The minimum absolute atomic E-state index is 0.0384. The first-order chi connectivity index (χ1) is 26.0. The second kappa shape index (κ2) is 17.0. The van der Waals surface area contributed by atoms with Crippen LogP contribution < -0.4 is 16.4 Å². The Balaban J connectivity index is 1.19. The number of carbonyl (C=O) groups excluding carboxylic acids is 6. The molecule has 1 aromatic heterocycles.